The summed E-state index contributed by atoms with van der Waals surface area (Å²) in [5, 5.41) is 13.5. The fourth-order valence-electron chi connectivity index (χ4n) is 2.43. The van der Waals surface area contributed by atoms with Crippen molar-refractivity contribution in [2.75, 3.05) is 5.75 Å². The molecule has 3 rings (SSSR count). The molecule has 0 bridgehead atoms. The number of nitrogens with one attached hydrogen (secondary N) is 1. The molecule has 2 aromatic carbocycles. The second-order valence-electron chi connectivity index (χ2n) is 5.04. The summed E-state index contributed by atoms with van der Waals surface area (Å²) in [5.74, 6) is 0.626. The van der Waals surface area contributed by atoms with Crippen LogP contribution in [0.5, 0.6) is 0 Å². The van der Waals surface area contributed by atoms with Crippen LogP contribution in [0.25, 0.3) is 0 Å². The highest BCUT2D eigenvalue weighted by Gasteiger charge is 2.28. The lowest BCUT2D eigenvalue weighted by Gasteiger charge is -2.11. The van der Waals surface area contributed by atoms with Gasteiger partial charge in [0.05, 0.1) is 10.8 Å². The van der Waals surface area contributed by atoms with Crippen LogP contribution in [0.1, 0.15) is 17.0 Å². The molecule has 1 aliphatic rings. The Hall–Kier alpha value is -2.34. The van der Waals surface area contributed by atoms with E-state index < -0.39 is 4.92 Å². The molecule has 112 valence electrons. The summed E-state index contributed by atoms with van der Waals surface area (Å²) < 4.78 is 0. The predicted octanol–water partition coefficient (Wildman–Crippen LogP) is 3.10. The van der Waals surface area contributed by atoms with Gasteiger partial charge in [-0.05, 0) is 17.2 Å². The van der Waals surface area contributed by atoms with Crippen LogP contribution in [0.2, 0.25) is 0 Å². The van der Waals surface area contributed by atoms with Crippen molar-refractivity contribution in [3.05, 3.63) is 69.8 Å². The molecule has 22 heavy (non-hydrogen) atoms. The van der Waals surface area contributed by atoms with Gasteiger partial charge < -0.3 is 5.32 Å². The van der Waals surface area contributed by atoms with E-state index in [1.165, 1.54) is 12.1 Å². The maximum atomic E-state index is 12.3. The van der Waals surface area contributed by atoms with Gasteiger partial charge in [-0.3, -0.25) is 14.9 Å². The molecule has 1 amide bonds. The first-order valence-electron chi connectivity index (χ1n) is 6.88. The standard InChI is InChI=1S/C16H14N2O3S/c19-16(14-10-22-15-4-2-1-3-13(14)15)17-9-11-5-7-12(8-6-11)18(20)21/h1-8,14H,9-10H2,(H,17,19). The second kappa shape index (κ2) is 6.19. The Labute approximate surface area is 131 Å². The van der Waals surface area contributed by atoms with Gasteiger partial charge in [0.25, 0.3) is 5.69 Å². The van der Waals surface area contributed by atoms with Gasteiger partial charge in [0.2, 0.25) is 5.91 Å². The lowest BCUT2D eigenvalue weighted by Crippen LogP contribution is -2.29. The average molecular weight is 314 g/mol. The molecular formula is C16H14N2O3S. The van der Waals surface area contributed by atoms with Crippen molar-refractivity contribution in [1.82, 2.24) is 5.32 Å². The number of hydrogen-bond donors (Lipinski definition) is 1. The van der Waals surface area contributed by atoms with Crippen LogP contribution in [-0.2, 0) is 11.3 Å². The number of non-ortho nitro benzene ring substituents is 1. The Balaban J connectivity index is 1.62. The van der Waals surface area contributed by atoms with Gasteiger partial charge in [-0.1, -0.05) is 30.3 Å². The van der Waals surface area contributed by atoms with Gasteiger partial charge in [0, 0.05) is 29.3 Å². The summed E-state index contributed by atoms with van der Waals surface area (Å²) in [5.41, 5.74) is 1.97. The minimum absolute atomic E-state index is 0.00389. The van der Waals surface area contributed by atoms with E-state index in [9.17, 15) is 14.9 Å². The molecule has 0 radical (unpaired) electrons. The highest BCUT2D eigenvalue weighted by molar-refractivity contribution is 7.99. The van der Waals surface area contributed by atoms with E-state index in [2.05, 4.69) is 5.32 Å². The Bertz CT molecular complexity index is 716. The Morgan fingerprint density at radius 1 is 1.23 bits per heavy atom. The van der Waals surface area contributed by atoms with Crippen molar-refractivity contribution in [3.8, 4) is 0 Å². The Morgan fingerprint density at radius 3 is 2.68 bits per heavy atom. The van der Waals surface area contributed by atoms with Crippen LogP contribution in [0.15, 0.2) is 53.4 Å². The quantitative estimate of drug-likeness (QED) is 0.695. The molecule has 0 fully saturated rings. The zero-order chi connectivity index (χ0) is 15.5. The highest BCUT2D eigenvalue weighted by atomic mass is 32.2. The first-order valence-corrected chi connectivity index (χ1v) is 7.86. The second-order valence-corrected chi connectivity index (χ2v) is 6.10. The molecular weight excluding hydrogens is 300 g/mol. The number of nitrogens with zero attached hydrogens (tertiary/aromatic N) is 1. The SMILES string of the molecule is O=C(NCc1ccc([N+](=O)[O-])cc1)C1CSc2ccccc21. The molecule has 1 aliphatic heterocycles. The smallest absolute Gasteiger partial charge is 0.269 e. The number of thioether (sulfide) groups is 1. The van der Waals surface area contributed by atoms with Crippen LogP contribution in [0.4, 0.5) is 5.69 Å². The molecule has 1 unspecified atom stereocenters. The van der Waals surface area contributed by atoms with E-state index in [1.807, 2.05) is 24.3 Å². The first-order chi connectivity index (χ1) is 10.6. The van der Waals surface area contributed by atoms with Crippen LogP contribution in [-0.4, -0.2) is 16.6 Å². The molecule has 1 heterocycles. The number of amides is 1. The van der Waals surface area contributed by atoms with Crippen molar-refractivity contribution in [2.45, 2.75) is 17.4 Å². The summed E-state index contributed by atoms with van der Waals surface area (Å²) in [7, 11) is 0. The molecule has 0 spiro atoms. The molecule has 2 aromatic rings. The number of carbonyl (C=O) groups excluding carboxylic acids is 1. The van der Waals surface area contributed by atoms with Gasteiger partial charge >= 0.3 is 0 Å². The number of nitro benzene ring substituents is 1. The highest BCUT2D eigenvalue weighted by Crippen LogP contribution is 2.39. The number of fused-ring (bicyclic) bond motifs is 1. The lowest BCUT2D eigenvalue weighted by molar-refractivity contribution is -0.384. The van der Waals surface area contributed by atoms with Crippen molar-refractivity contribution >= 4 is 23.4 Å². The predicted molar refractivity (Wildman–Crippen MR) is 84.9 cm³/mol. The number of rotatable bonds is 4. The molecule has 1 atom stereocenters. The normalized spacial score (nSPS) is 16.1. The number of benzene rings is 2. The van der Waals surface area contributed by atoms with Gasteiger partial charge in [0.15, 0.2) is 0 Å². The number of nitro groups is 1. The van der Waals surface area contributed by atoms with Gasteiger partial charge in [-0.2, -0.15) is 0 Å². The number of hydrogen-bond acceptors (Lipinski definition) is 4. The van der Waals surface area contributed by atoms with E-state index in [0.29, 0.717) is 6.54 Å². The minimum atomic E-state index is -0.435. The van der Waals surface area contributed by atoms with E-state index in [-0.39, 0.29) is 17.5 Å². The largest absolute Gasteiger partial charge is 0.351 e. The fraction of sp³-hybridized carbons (Fsp3) is 0.188. The topological polar surface area (TPSA) is 72.2 Å². The van der Waals surface area contributed by atoms with Gasteiger partial charge in [-0.15, -0.1) is 11.8 Å². The van der Waals surface area contributed by atoms with E-state index >= 15 is 0 Å². The van der Waals surface area contributed by atoms with Crippen molar-refractivity contribution in [3.63, 3.8) is 0 Å². The summed E-state index contributed by atoms with van der Waals surface area (Å²) >= 11 is 1.70. The maximum Gasteiger partial charge on any atom is 0.269 e. The molecule has 5 nitrogen and oxygen atoms in total. The average Bonchev–Trinajstić information content (AvgIpc) is 2.97. The maximum absolute atomic E-state index is 12.3. The molecule has 0 aliphatic carbocycles. The van der Waals surface area contributed by atoms with Crippen molar-refractivity contribution in [2.24, 2.45) is 0 Å². The van der Waals surface area contributed by atoms with Crippen LogP contribution < -0.4 is 5.32 Å². The van der Waals surface area contributed by atoms with Gasteiger partial charge in [0.1, 0.15) is 0 Å². The third kappa shape index (κ3) is 2.96. The lowest BCUT2D eigenvalue weighted by atomic mass is 10.0. The minimum Gasteiger partial charge on any atom is -0.351 e. The Kier molecular flexibility index (Phi) is 4.11. The Morgan fingerprint density at radius 2 is 1.95 bits per heavy atom. The summed E-state index contributed by atoms with van der Waals surface area (Å²) in [6.45, 7) is 0.375. The molecule has 0 aromatic heterocycles. The van der Waals surface area contributed by atoms with Crippen molar-refractivity contribution < 1.29 is 9.72 Å². The number of carbonyl (C=O) groups is 1. The van der Waals surface area contributed by atoms with E-state index in [4.69, 9.17) is 0 Å². The molecule has 0 saturated heterocycles. The van der Waals surface area contributed by atoms with Crippen molar-refractivity contribution in [1.29, 1.82) is 0 Å². The zero-order valence-corrected chi connectivity index (χ0v) is 12.5. The van der Waals surface area contributed by atoms with E-state index in [1.54, 1.807) is 23.9 Å². The fourth-order valence-corrected chi connectivity index (χ4v) is 3.66. The summed E-state index contributed by atoms with van der Waals surface area (Å²) in [6, 6.07) is 14.2. The molecule has 0 saturated carbocycles. The third-order valence-electron chi connectivity index (χ3n) is 3.63. The van der Waals surface area contributed by atoms with E-state index in [0.717, 1.165) is 21.8 Å². The zero-order valence-electron chi connectivity index (χ0n) is 11.7. The summed E-state index contributed by atoms with van der Waals surface area (Å²) in [4.78, 5) is 23.7. The third-order valence-corrected chi connectivity index (χ3v) is 4.81. The van der Waals surface area contributed by atoms with Gasteiger partial charge in [-0.25, -0.2) is 0 Å². The summed E-state index contributed by atoms with van der Waals surface area (Å²) in [6.07, 6.45) is 0. The van der Waals surface area contributed by atoms with Crippen LogP contribution >= 0.6 is 11.8 Å². The van der Waals surface area contributed by atoms with Crippen LogP contribution in [0, 0.1) is 10.1 Å². The monoisotopic (exact) mass is 314 g/mol. The molecule has 1 N–H and O–H groups in total. The molecule has 6 heteroatoms. The first kappa shape index (κ1) is 14.6. The van der Waals surface area contributed by atoms with Crippen LogP contribution in [0.3, 0.4) is 0 Å².